The standard InChI is InChI=1S/C14H20N2O2/c1-11-4-6-12(7-5-11)16-9-3-8-15(2)13(10-17)14(16)18/h4-7,13,17H,3,8-10H2,1-2H3. The summed E-state index contributed by atoms with van der Waals surface area (Å²) in [5.74, 6) is -0.0126. The second-order valence-corrected chi connectivity index (χ2v) is 4.86. The van der Waals surface area contributed by atoms with E-state index in [0.29, 0.717) is 6.54 Å². The van der Waals surface area contributed by atoms with Gasteiger partial charge in [-0.3, -0.25) is 9.69 Å². The quantitative estimate of drug-likeness (QED) is 0.850. The van der Waals surface area contributed by atoms with Crippen LogP contribution >= 0.6 is 0 Å². The van der Waals surface area contributed by atoms with Crippen molar-refractivity contribution in [2.45, 2.75) is 19.4 Å². The Kier molecular flexibility index (Phi) is 3.99. The Morgan fingerprint density at radius 2 is 1.94 bits per heavy atom. The molecule has 1 fully saturated rings. The van der Waals surface area contributed by atoms with E-state index in [9.17, 15) is 9.90 Å². The van der Waals surface area contributed by atoms with Crippen molar-refractivity contribution in [3.63, 3.8) is 0 Å². The average molecular weight is 248 g/mol. The maximum Gasteiger partial charge on any atom is 0.246 e. The molecule has 1 N–H and O–H groups in total. The Labute approximate surface area is 108 Å². The second-order valence-electron chi connectivity index (χ2n) is 4.86. The molecule has 1 amide bonds. The lowest BCUT2D eigenvalue weighted by molar-refractivity contribution is -0.123. The molecule has 0 aromatic heterocycles. The third kappa shape index (κ3) is 2.54. The van der Waals surface area contributed by atoms with Crippen LogP contribution in [0.3, 0.4) is 0 Å². The highest BCUT2D eigenvalue weighted by molar-refractivity contribution is 5.97. The monoisotopic (exact) mass is 248 g/mol. The molecule has 1 heterocycles. The van der Waals surface area contributed by atoms with Gasteiger partial charge in [0.25, 0.3) is 0 Å². The van der Waals surface area contributed by atoms with Crippen molar-refractivity contribution >= 4 is 11.6 Å². The summed E-state index contributed by atoms with van der Waals surface area (Å²) < 4.78 is 0. The summed E-state index contributed by atoms with van der Waals surface area (Å²) in [5, 5.41) is 9.38. The smallest absolute Gasteiger partial charge is 0.246 e. The van der Waals surface area contributed by atoms with Gasteiger partial charge >= 0.3 is 0 Å². The van der Waals surface area contributed by atoms with E-state index in [1.165, 1.54) is 5.56 Å². The predicted octanol–water partition coefficient (Wildman–Crippen LogP) is 1.02. The number of rotatable bonds is 2. The largest absolute Gasteiger partial charge is 0.394 e. The van der Waals surface area contributed by atoms with Crippen LogP contribution < -0.4 is 4.90 Å². The lowest BCUT2D eigenvalue weighted by Gasteiger charge is -2.26. The van der Waals surface area contributed by atoms with Gasteiger partial charge in [-0.25, -0.2) is 0 Å². The highest BCUT2D eigenvalue weighted by Crippen LogP contribution is 2.20. The van der Waals surface area contributed by atoms with Crippen molar-refractivity contribution in [3.8, 4) is 0 Å². The number of likely N-dealkylation sites (N-methyl/N-ethyl adjacent to an activating group) is 1. The summed E-state index contributed by atoms with van der Waals surface area (Å²) in [6, 6.07) is 7.52. The molecule has 0 bridgehead atoms. The zero-order valence-corrected chi connectivity index (χ0v) is 11.0. The van der Waals surface area contributed by atoms with Crippen LogP contribution in [0.15, 0.2) is 24.3 Å². The predicted molar refractivity (Wildman–Crippen MR) is 71.7 cm³/mol. The number of hydrogen-bond acceptors (Lipinski definition) is 3. The fourth-order valence-corrected chi connectivity index (χ4v) is 2.31. The van der Waals surface area contributed by atoms with Crippen molar-refractivity contribution in [1.82, 2.24) is 4.90 Å². The molecule has 1 aliphatic rings. The van der Waals surface area contributed by atoms with Gasteiger partial charge in [0.15, 0.2) is 0 Å². The van der Waals surface area contributed by atoms with Crippen LogP contribution in [0.5, 0.6) is 0 Å². The van der Waals surface area contributed by atoms with E-state index < -0.39 is 6.04 Å². The topological polar surface area (TPSA) is 43.8 Å². The zero-order chi connectivity index (χ0) is 13.1. The molecule has 2 rings (SSSR count). The van der Waals surface area contributed by atoms with Crippen LogP contribution in [-0.2, 0) is 4.79 Å². The molecule has 1 aromatic carbocycles. The van der Waals surface area contributed by atoms with Crippen molar-refractivity contribution in [3.05, 3.63) is 29.8 Å². The molecule has 1 aliphatic heterocycles. The maximum atomic E-state index is 12.4. The average Bonchev–Trinajstić information content (AvgIpc) is 2.49. The lowest BCUT2D eigenvalue weighted by Crippen LogP contribution is -2.46. The van der Waals surface area contributed by atoms with E-state index in [-0.39, 0.29) is 12.5 Å². The van der Waals surface area contributed by atoms with E-state index in [1.54, 1.807) is 4.90 Å². The van der Waals surface area contributed by atoms with Gasteiger partial charge in [-0.1, -0.05) is 17.7 Å². The van der Waals surface area contributed by atoms with E-state index in [1.807, 2.05) is 43.1 Å². The third-order valence-electron chi connectivity index (χ3n) is 3.49. The minimum absolute atomic E-state index is 0.0126. The molecule has 1 aromatic rings. The molecule has 1 saturated heterocycles. The number of aliphatic hydroxyl groups is 1. The van der Waals surface area contributed by atoms with Gasteiger partial charge in [-0.2, -0.15) is 0 Å². The Balaban J connectivity index is 2.26. The Morgan fingerprint density at radius 3 is 2.56 bits per heavy atom. The van der Waals surface area contributed by atoms with Gasteiger partial charge in [0.05, 0.1) is 6.61 Å². The molecule has 18 heavy (non-hydrogen) atoms. The minimum atomic E-state index is -0.422. The first kappa shape index (κ1) is 13.1. The Hall–Kier alpha value is -1.39. The summed E-state index contributed by atoms with van der Waals surface area (Å²) >= 11 is 0. The fraction of sp³-hybridized carbons (Fsp3) is 0.500. The first-order valence-corrected chi connectivity index (χ1v) is 6.32. The lowest BCUT2D eigenvalue weighted by atomic mass is 10.2. The zero-order valence-electron chi connectivity index (χ0n) is 11.0. The number of carbonyl (C=O) groups is 1. The summed E-state index contributed by atoms with van der Waals surface area (Å²) in [7, 11) is 1.89. The normalized spacial score (nSPS) is 22.1. The number of carbonyl (C=O) groups excluding carboxylic acids is 1. The molecule has 0 saturated carbocycles. The van der Waals surface area contributed by atoms with Crippen molar-refractivity contribution in [2.24, 2.45) is 0 Å². The van der Waals surface area contributed by atoms with Crippen LogP contribution in [0.2, 0.25) is 0 Å². The Morgan fingerprint density at radius 1 is 1.28 bits per heavy atom. The summed E-state index contributed by atoms with van der Waals surface area (Å²) in [6.07, 6.45) is 0.923. The van der Waals surface area contributed by atoms with Crippen molar-refractivity contribution < 1.29 is 9.90 Å². The summed E-state index contributed by atoms with van der Waals surface area (Å²) in [6.45, 7) is 3.44. The minimum Gasteiger partial charge on any atom is -0.394 e. The number of aliphatic hydroxyl groups excluding tert-OH is 1. The molecule has 4 nitrogen and oxygen atoms in total. The molecule has 4 heteroatoms. The van der Waals surface area contributed by atoms with E-state index in [2.05, 4.69) is 0 Å². The van der Waals surface area contributed by atoms with E-state index in [4.69, 9.17) is 0 Å². The van der Waals surface area contributed by atoms with Gasteiger partial charge < -0.3 is 10.0 Å². The second kappa shape index (κ2) is 5.50. The number of anilines is 1. The van der Waals surface area contributed by atoms with Crippen LogP contribution in [-0.4, -0.2) is 48.7 Å². The molecule has 0 radical (unpaired) electrons. The third-order valence-corrected chi connectivity index (χ3v) is 3.49. The first-order valence-electron chi connectivity index (χ1n) is 6.32. The molecule has 0 aliphatic carbocycles. The summed E-state index contributed by atoms with van der Waals surface area (Å²) in [4.78, 5) is 16.1. The first-order chi connectivity index (χ1) is 8.63. The molecular formula is C14H20N2O2. The molecule has 1 unspecified atom stereocenters. The number of benzene rings is 1. The highest BCUT2D eigenvalue weighted by atomic mass is 16.3. The van der Waals surface area contributed by atoms with E-state index in [0.717, 1.165) is 18.7 Å². The van der Waals surface area contributed by atoms with E-state index >= 15 is 0 Å². The summed E-state index contributed by atoms with van der Waals surface area (Å²) in [5.41, 5.74) is 2.09. The number of nitrogens with zero attached hydrogens (tertiary/aromatic N) is 2. The van der Waals surface area contributed by atoms with Gasteiger partial charge in [-0.05, 0) is 32.5 Å². The van der Waals surface area contributed by atoms with Crippen LogP contribution in [0.4, 0.5) is 5.69 Å². The number of aryl methyl sites for hydroxylation is 1. The number of amides is 1. The van der Waals surface area contributed by atoms with Gasteiger partial charge in [-0.15, -0.1) is 0 Å². The maximum absolute atomic E-state index is 12.4. The Bertz CT molecular complexity index is 416. The van der Waals surface area contributed by atoms with Gasteiger partial charge in [0, 0.05) is 18.8 Å². The van der Waals surface area contributed by atoms with Crippen LogP contribution in [0, 0.1) is 6.92 Å². The number of hydrogen-bond donors (Lipinski definition) is 1. The van der Waals surface area contributed by atoms with Crippen molar-refractivity contribution in [1.29, 1.82) is 0 Å². The van der Waals surface area contributed by atoms with Gasteiger partial charge in [0.1, 0.15) is 6.04 Å². The van der Waals surface area contributed by atoms with Crippen LogP contribution in [0.1, 0.15) is 12.0 Å². The SMILES string of the molecule is Cc1ccc(N2CCCN(C)C(CO)C2=O)cc1. The van der Waals surface area contributed by atoms with Gasteiger partial charge in [0.2, 0.25) is 5.91 Å². The molecular weight excluding hydrogens is 228 g/mol. The fourth-order valence-electron chi connectivity index (χ4n) is 2.31. The molecule has 1 atom stereocenters. The van der Waals surface area contributed by atoms with Crippen molar-refractivity contribution in [2.75, 3.05) is 31.6 Å². The molecule has 98 valence electrons. The highest BCUT2D eigenvalue weighted by Gasteiger charge is 2.30. The van der Waals surface area contributed by atoms with Crippen LogP contribution in [0.25, 0.3) is 0 Å². The molecule has 0 spiro atoms.